The van der Waals surface area contributed by atoms with Crippen molar-refractivity contribution in [1.82, 2.24) is 4.72 Å². The number of esters is 1. The van der Waals surface area contributed by atoms with Gasteiger partial charge in [0.05, 0.1) is 17.2 Å². The highest BCUT2D eigenvalue weighted by Gasteiger charge is 2.25. The van der Waals surface area contributed by atoms with Crippen LogP contribution in [0, 0.1) is 0 Å². The van der Waals surface area contributed by atoms with E-state index in [1.54, 1.807) is 0 Å². The van der Waals surface area contributed by atoms with Crippen molar-refractivity contribution in [2.75, 3.05) is 13.7 Å². The summed E-state index contributed by atoms with van der Waals surface area (Å²) >= 11 is 14.8. The molecular weight excluding hydrogens is 397 g/mol. The van der Waals surface area contributed by atoms with Gasteiger partial charge in [0.1, 0.15) is 4.90 Å². The molecule has 1 aromatic rings. The second-order valence-corrected chi connectivity index (χ2v) is 7.02. The molecule has 6 nitrogen and oxygen atoms in total. The predicted octanol–water partition coefficient (Wildman–Crippen LogP) is 1.57. The van der Waals surface area contributed by atoms with Crippen LogP contribution in [0.1, 0.15) is 0 Å². The number of ether oxygens (including phenoxy) is 1. The Bertz CT molecular complexity index is 599. The number of halogens is 3. The zero-order valence-electron chi connectivity index (χ0n) is 10.1. The lowest BCUT2D eigenvalue weighted by atomic mass is 10.4. The normalized spacial score (nSPS) is 13.1. The molecule has 0 aliphatic rings. The average molecular weight is 407 g/mol. The maximum absolute atomic E-state index is 12.0. The van der Waals surface area contributed by atoms with E-state index < -0.39 is 28.6 Å². The van der Waals surface area contributed by atoms with Crippen LogP contribution in [-0.4, -0.2) is 39.3 Å². The van der Waals surface area contributed by atoms with E-state index in [0.717, 1.165) is 7.11 Å². The second-order valence-electron chi connectivity index (χ2n) is 3.59. The molecule has 0 aliphatic carbocycles. The quantitative estimate of drug-likeness (QED) is 0.724. The molecule has 0 heterocycles. The third-order valence-corrected chi connectivity index (χ3v) is 4.97. The zero-order chi connectivity index (χ0) is 15.5. The standard InChI is InChI=1S/C10H10BrCl2NO5S/c1-19-10(16)8(15)4-14-20(17,18)9-6(12)2-5(11)3-7(9)13/h2-3,8,14-15H,4H2,1H3. The summed E-state index contributed by atoms with van der Waals surface area (Å²) in [5.41, 5.74) is 0. The molecule has 1 rings (SSSR count). The Morgan fingerprint density at radius 3 is 2.40 bits per heavy atom. The van der Waals surface area contributed by atoms with Gasteiger partial charge in [-0.25, -0.2) is 17.9 Å². The molecule has 1 unspecified atom stereocenters. The van der Waals surface area contributed by atoms with Crippen LogP contribution in [0.2, 0.25) is 10.0 Å². The average Bonchev–Trinajstić information content (AvgIpc) is 2.33. The van der Waals surface area contributed by atoms with E-state index in [1.807, 2.05) is 4.72 Å². The maximum atomic E-state index is 12.0. The van der Waals surface area contributed by atoms with Crippen LogP contribution in [0.3, 0.4) is 0 Å². The van der Waals surface area contributed by atoms with Crippen LogP contribution in [0.25, 0.3) is 0 Å². The molecule has 0 saturated heterocycles. The fourth-order valence-corrected chi connectivity index (χ4v) is 4.24. The number of methoxy groups -OCH3 is 1. The number of benzene rings is 1. The van der Waals surface area contributed by atoms with E-state index in [4.69, 9.17) is 23.2 Å². The fraction of sp³-hybridized carbons (Fsp3) is 0.300. The van der Waals surface area contributed by atoms with E-state index >= 15 is 0 Å². The summed E-state index contributed by atoms with van der Waals surface area (Å²) in [5.74, 6) is -0.958. The molecule has 1 aromatic carbocycles. The van der Waals surface area contributed by atoms with Crippen LogP contribution in [0.4, 0.5) is 0 Å². The highest BCUT2D eigenvalue weighted by molar-refractivity contribution is 9.10. The molecule has 0 spiro atoms. The van der Waals surface area contributed by atoms with Gasteiger partial charge in [-0.3, -0.25) is 0 Å². The van der Waals surface area contributed by atoms with Crippen molar-refractivity contribution < 1.29 is 23.1 Å². The Balaban J connectivity index is 2.98. The minimum absolute atomic E-state index is 0.0931. The van der Waals surface area contributed by atoms with E-state index in [2.05, 4.69) is 20.7 Å². The van der Waals surface area contributed by atoms with Crippen molar-refractivity contribution in [1.29, 1.82) is 0 Å². The van der Waals surface area contributed by atoms with Gasteiger partial charge >= 0.3 is 5.97 Å². The first kappa shape index (κ1) is 17.7. The number of hydrogen-bond donors (Lipinski definition) is 2. The Morgan fingerprint density at radius 2 is 1.95 bits per heavy atom. The molecule has 0 amide bonds. The highest BCUT2D eigenvalue weighted by atomic mass is 79.9. The zero-order valence-corrected chi connectivity index (χ0v) is 14.0. The summed E-state index contributed by atoms with van der Waals surface area (Å²) in [6.45, 7) is -0.558. The van der Waals surface area contributed by atoms with Crippen molar-refractivity contribution in [3.05, 3.63) is 26.7 Å². The first-order chi connectivity index (χ1) is 9.19. The molecule has 0 bridgehead atoms. The second kappa shape index (κ2) is 7.06. The van der Waals surface area contributed by atoms with Crippen LogP contribution in [0.15, 0.2) is 21.5 Å². The minimum Gasteiger partial charge on any atom is -0.467 e. The molecule has 10 heteroatoms. The molecular formula is C10H10BrCl2NO5S. The van der Waals surface area contributed by atoms with E-state index in [0.29, 0.717) is 4.47 Å². The molecule has 0 radical (unpaired) electrons. The summed E-state index contributed by atoms with van der Waals surface area (Å²) in [6, 6.07) is 2.72. The van der Waals surface area contributed by atoms with Gasteiger partial charge in [-0.1, -0.05) is 39.1 Å². The monoisotopic (exact) mass is 405 g/mol. The lowest BCUT2D eigenvalue weighted by Crippen LogP contribution is -2.37. The molecule has 0 saturated carbocycles. The Morgan fingerprint density at radius 1 is 1.45 bits per heavy atom. The van der Waals surface area contributed by atoms with Gasteiger partial charge in [0.2, 0.25) is 10.0 Å². The first-order valence-electron chi connectivity index (χ1n) is 5.09. The Labute approximate surface area is 134 Å². The number of aliphatic hydroxyl groups excluding tert-OH is 1. The lowest BCUT2D eigenvalue weighted by molar-refractivity contribution is -0.149. The third kappa shape index (κ3) is 4.31. The van der Waals surface area contributed by atoms with Gasteiger partial charge in [-0.2, -0.15) is 0 Å². The minimum atomic E-state index is -4.08. The fourth-order valence-electron chi connectivity index (χ4n) is 1.27. The van der Waals surface area contributed by atoms with Crippen molar-refractivity contribution in [3.63, 3.8) is 0 Å². The summed E-state index contributed by atoms with van der Waals surface area (Å²) in [6.07, 6.45) is -1.62. The summed E-state index contributed by atoms with van der Waals surface area (Å²) in [7, 11) is -3.01. The van der Waals surface area contributed by atoms with Crippen molar-refractivity contribution >= 4 is 55.1 Å². The summed E-state index contributed by atoms with van der Waals surface area (Å²) in [5, 5.41) is 9.15. The predicted molar refractivity (Wildman–Crippen MR) is 77.4 cm³/mol. The summed E-state index contributed by atoms with van der Waals surface area (Å²) in [4.78, 5) is 10.6. The van der Waals surface area contributed by atoms with Gasteiger partial charge in [0.15, 0.2) is 6.10 Å². The van der Waals surface area contributed by atoms with Gasteiger partial charge in [-0.05, 0) is 12.1 Å². The van der Waals surface area contributed by atoms with Crippen LogP contribution in [-0.2, 0) is 19.6 Å². The number of rotatable bonds is 5. The van der Waals surface area contributed by atoms with E-state index in [-0.39, 0.29) is 14.9 Å². The molecule has 1 atom stereocenters. The van der Waals surface area contributed by atoms with Gasteiger partial charge in [0.25, 0.3) is 0 Å². The van der Waals surface area contributed by atoms with Crippen LogP contribution >= 0.6 is 39.1 Å². The Hall–Kier alpha value is -0.380. The number of aliphatic hydroxyl groups is 1. The number of carbonyl (C=O) groups is 1. The van der Waals surface area contributed by atoms with Crippen molar-refractivity contribution in [3.8, 4) is 0 Å². The first-order valence-corrected chi connectivity index (χ1v) is 8.12. The topological polar surface area (TPSA) is 92.7 Å². The van der Waals surface area contributed by atoms with Gasteiger partial charge in [-0.15, -0.1) is 0 Å². The SMILES string of the molecule is COC(=O)C(O)CNS(=O)(=O)c1c(Cl)cc(Br)cc1Cl. The van der Waals surface area contributed by atoms with Crippen LogP contribution in [0.5, 0.6) is 0 Å². The highest BCUT2D eigenvalue weighted by Crippen LogP contribution is 2.32. The number of carbonyl (C=O) groups excluding carboxylic acids is 1. The van der Waals surface area contributed by atoms with Crippen molar-refractivity contribution in [2.45, 2.75) is 11.0 Å². The van der Waals surface area contributed by atoms with Gasteiger partial charge in [0, 0.05) is 11.0 Å². The van der Waals surface area contributed by atoms with Crippen LogP contribution < -0.4 is 4.72 Å². The maximum Gasteiger partial charge on any atom is 0.336 e. The van der Waals surface area contributed by atoms with E-state index in [9.17, 15) is 18.3 Å². The molecule has 2 N–H and O–H groups in total. The molecule has 0 aliphatic heterocycles. The molecule has 112 valence electrons. The molecule has 0 aromatic heterocycles. The number of nitrogens with one attached hydrogen (secondary N) is 1. The Kier molecular flexibility index (Phi) is 6.24. The number of sulfonamides is 1. The summed E-state index contributed by atoms with van der Waals surface area (Å²) < 4.78 is 30.9. The third-order valence-electron chi connectivity index (χ3n) is 2.17. The lowest BCUT2D eigenvalue weighted by Gasteiger charge is -2.12. The largest absolute Gasteiger partial charge is 0.467 e. The molecule has 0 fully saturated rings. The van der Waals surface area contributed by atoms with E-state index in [1.165, 1.54) is 12.1 Å². The smallest absolute Gasteiger partial charge is 0.336 e. The van der Waals surface area contributed by atoms with Crippen molar-refractivity contribution in [2.24, 2.45) is 0 Å². The molecule has 20 heavy (non-hydrogen) atoms. The van der Waals surface area contributed by atoms with Gasteiger partial charge < -0.3 is 9.84 Å². The number of hydrogen-bond acceptors (Lipinski definition) is 5.